The molecule has 20 heavy (non-hydrogen) atoms. The second kappa shape index (κ2) is 5.88. The van der Waals surface area contributed by atoms with Gasteiger partial charge in [-0.3, -0.25) is 5.32 Å². The maximum atomic E-state index is 12.5. The van der Waals surface area contributed by atoms with Crippen LogP contribution in [0.5, 0.6) is 0 Å². The predicted molar refractivity (Wildman–Crippen MR) is 66.0 cm³/mol. The molecule has 9 heteroatoms. The summed E-state index contributed by atoms with van der Waals surface area (Å²) in [5.41, 5.74) is -0.855. The average molecular weight is 306 g/mol. The number of nitrogens with zero attached hydrogens (tertiary/aromatic N) is 3. The number of halogens is 3. The van der Waals surface area contributed by atoms with Crippen LogP contribution in [0.25, 0.3) is 0 Å². The van der Waals surface area contributed by atoms with Gasteiger partial charge in [-0.25, -0.2) is 4.98 Å². The quantitative estimate of drug-likeness (QED) is 0.919. The van der Waals surface area contributed by atoms with Crippen LogP contribution in [0.4, 0.5) is 13.2 Å². The summed E-state index contributed by atoms with van der Waals surface area (Å²) < 4.78 is 42.5. The zero-order valence-corrected chi connectivity index (χ0v) is 11.7. The Labute approximate surface area is 117 Å². The highest BCUT2D eigenvalue weighted by molar-refractivity contribution is 7.09. The van der Waals surface area contributed by atoms with Crippen LogP contribution in [-0.2, 0) is 12.7 Å². The van der Waals surface area contributed by atoms with Gasteiger partial charge in [0.1, 0.15) is 5.01 Å². The van der Waals surface area contributed by atoms with E-state index in [-0.39, 0.29) is 6.04 Å². The number of hydrogen-bond donors (Lipinski definition) is 1. The lowest BCUT2D eigenvalue weighted by Crippen LogP contribution is -2.20. The number of nitrogens with one attached hydrogen (secondary N) is 1. The SMILES string of the molecule is CC[C@H](NCc1nc(C)no1)c1nc(C(F)(F)F)cs1. The molecular formula is C11H13F3N4OS. The Hall–Kier alpha value is -1.48. The molecule has 0 fully saturated rings. The van der Waals surface area contributed by atoms with Gasteiger partial charge in [0, 0.05) is 5.38 Å². The van der Waals surface area contributed by atoms with Gasteiger partial charge in [-0.2, -0.15) is 18.2 Å². The summed E-state index contributed by atoms with van der Waals surface area (Å²) in [6, 6.07) is -0.275. The molecule has 1 N–H and O–H groups in total. The van der Waals surface area contributed by atoms with Gasteiger partial charge in [-0.15, -0.1) is 11.3 Å². The molecule has 2 rings (SSSR count). The van der Waals surface area contributed by atoms with E-state index in [1.807, 2.05) is 6.92 Å². The lowest BCUT2D eigenvalue weighted by atomic mass is 10.2. The number of aromatic nitrogens is 3. The summed E-state index contributed by atoms with van der Waals surface area (Å²) in [5.74, 6) is 0.914. The molecule has 0 saturated carbocycles. The highest BCUT2D eigenvalue weighted by Gasteiger charge is 2.34. The average Bonchev–Trinajstić information content (AvgIpc) is 2.99. The molecule has 0 aromatic carbocycles. The lowest BCUT2D eigenvalue weighted by molar-refractivity contribution is -0.140. The van der Waals surface area contributed by atoms with Crippen LogP contribution >= 0.6 is 11.3 Å². The van der Waals surface area contributed by atoms with Crippen LogP contribution < -0.4 is 5.32 Å². The van der Waals surface area contributed by atoms with Crippen LogP contribution in [0.15, 0.2) is 9.90 Å². The summed E-state index contributed by atoms with van der Waals surface area (Å²) in [4.78, 5) is 7.65. The van der Waals surface area contributed by atoms with Crippen molar-refractivity contribution in [2.45, 2.75) is 39.0 Å². The zero-order valence-electron chi connectivity index (χ0n) is 10.9. The largest absolute Gasteiger partial charge is 0.434 e. The summed E-state index contributed by atoms with van der Waals surface area (Å²) in [6.07, 6.45) is -3.80. The van der Waals surface area contributed by atoms with Crippen molar-refractivity contribution >= 4 is 11.3 Å². The van der Waals surface area contributed by atoms with Crippen molar-refractivity contribution in [2.24, 2.45) is 0 Å². The Bertz CT molecular complexity index is 566. The maximum absolute atomic E-state index is 12.5. The molecule has 1 atom stereocenters. The van der Waals surface area contributed by atoms with Gasteiger partial charge in [-0.05, 0) is 13.3 Å². The van der Waals surface area contributed by atoms with E-state index in [1.54, 1.807) is 6.92 Å². The summed E-state index contributed by atoms with van der Waals surface area (Å²) >= 11 is 0.989. The Kier molecular flexibility index (Phi) is 4.39. The van der Waals surface area contributed by atoms with E-state index in [0.29, 0.717) is 29.7 Å². The van der Waals surface area contributed by atoms with Gasteiger partial charge in [0.2, 0.25) is 5.89 Å². The first-order valence-electron chi connectivity index (χ1n) is 5.95. The van der Waals surface area contributed by atoms with Crippen LogP contribution in [0, 0.1) is 6.92 Å². The molecule has 0 unspecified atom stereocenters. The molecule has 110 valence electrons. The van der Waals surface area contributed by atoms with E-state index < -0.39 is 11.9 Å². The maximum Gasteiger partial charge on any atom is 0.434 e. The minimum Gasteiger partial charge on any atom is -0.338 e. The molecule has 2 aromatic heterocycles. The summed E-state index contributed by atoms with van der Waals surface area (Å²) in [6.45, 7) is 3.85. The van der Waals surface area contributed by atoms with E-state index >= 15 is 0 Å². The van der Waals surface area contributed by atoms with Crippen LogP contribution in [-0.4, -0.2) is 15.1 Å². The summed E-state index contributed by atoms with van der Waals surface area (Å²) in [5, 5.41) is 8.13. The number of hydrogen-bond acceptors (Lipinski definition) is 6. The van der Waals surface area contributed by atoms with E-state index in [9.17, 15) is 13.2 Å². The number of aryl methyl sites for hydroxylation is 1. The van der Waals surface area contributed by atoms with Crippen molar-refractivity contribution < 1.29 is 17.7 Å². The normalized spacial score (nSPS) is 13.7. The van der Waals surface area contributed by atoms with Gasteiger partial charge in [0.15, 0.2) is 11.5 Å². The predicted octanol–water partition coefficient (Wildman–Crippen LogP) is 3.09. The van der Waals surface area contributed by atoms with Crippen LogP contribution in [0.1, 0.15) is 41.8 Å². The van der Waals surface area contributed by atoms with Crippen molar-refractivity contribution in [1.29, 1.82) is 0 Å². The molecule has 0 spiro atoms. The van der Waals surface area contributed by atoms with E-state index in [0.717, 1.165) is 16.7 Å². The first-order valence-corrected chi connectivity index (χ1v) is 6.83. The van der Waals surface area contributed by atoms with Crippen molar-refractivity contribution in [3.63, 3.8) is 0 Å². The molecule has 0 bridgehead atoms. The third-order valence-corrected chi connectivity index (χ3v) is 3.55. The topological polar surface area (TPSA) is 63.8 Å². The van der Waals surface area contributed by atoms with E-state index in [4.69, 9.17) is 4.52 Å². The number of thiazole rings is 1. The van der Waals surface area contributed by atoms with Crippen molar-refractivity contribution in [1.82, 2.24) is 20.4 Å². The third kappa shape index (κ3) is 3.54. The van der Waals surface area contributed by atoms with Crippen molar-refractivity contribution in [2.75, 3.05) is 0 Å². The Morgan fingerprint density at radius 1 is 1.40 bits per heavy atom. The van der Waals surface area contributed by atoms with Gasteiger partial charge in [-0.1, -0.05) is 12.1 Å². The molecule has 0 radical (unpaired) electrons. The van der Waals surface area contributed by atoms with Crippen molar-refractivity contribution in [3.05, 3.63) is 27.8 Å². The highest BCUT2D eigenvalue weighted by Crippen LogP contribution is 2.32. The minimum absolute atomic E-state index is 0.275. The fourth-order valence-corrected chi connectivity index (χ4v) is 2.59. The molecular weight excluding hydrogens is 293 g/mol. The fourth-order valence-electron chi connectivity index (χ4n) is 1.61. The Morgan fingerprint density at radius 3 is 2.65 bits per heavy atom. The highest BCUT2D eigenvalue weighted by atomic mass is 32.1. The Balaban J connectivity index is 2.03. The minimum atomic E-state index is -4.41. The molecule has 0 aliphatic rings. The fraction of sp³-hybridized carbons (Fsp3) is 0.545. The molecule has 0 amide bonds. The monoisotopic (exact) mass is 306 g/mol. The van der Waals surface area contributed by atoms with E-state index in [1.165, 1.54) is 0 Å². The van der Waals surface area contributed by atoms with Crippen LogP contribution in [0.2, 0.25) is 0 Å². The van der Waals surface area contributed by atoms with Gasteiger partial charge in [0.05, 0.1) is 12.6 Å². The molecule has 5 nitrogen and oxygen atoms in total. The lowest BCUT2D eigenvalue weighted by Gasteiger charge is -2.12. The zero-order chi connectivity index (χ0) is 14.8. The van der Waals surface area contributed by atoms with Crippen LogP contribution in [0.3, 0.4) is 0 Å². The molecule has 2 heterocycles. The van der Waals surface area contributed by atoms with E-state index in [2.05, 4.69) is 20.4 Å². The molecule has 0 aliphatic carbocycles. The van der Waals surface area contributed by atoms with Gasteiger partial charge < -0.3 is 4.52 Å². The standard InChI is InChI=1S/C11H13F3N4OS/c1-3-7(15-4-9-16-6(2)18-19-9)10-17-8(5-20-10)11(12,13)14/h5,7,15H,3-4H2,1-2H3/t7-/m0/s1. The van der Waals surface area contributed by atoms with Crippen molar-refractivity contribution in [3.8, 4) is 0 Å². The first kappa shape index (κ1) is 14.9. The Morgan fingerprint density at radius 2 is 2.15 bits per heavy atom. The molecule has 0 aliphatic heterocycles. The molecule has 0 saturated heterocycles. The third-order valence-electron chi connectivity index (χ3n) is 2.59. The number of alkyl halides is 3. The first-order chi connectivity index (χ1) is 9.40. The number of rotatable bonds is 5. The second-order valence-corrected chi connectivity index (χ2v) is 5.04. The smallest absolute Gasteiger partial charge is 0.338 e. The van der Waals surface area contributed by atoms with Gasteiger partial charge in [0.25, 0.3) is 0 Å². The van der Waals surface area contributed by atoms with Gasteiger partial charge >= 0.3 is 6.18 Å². The molecule has 2 aromatic rings. The summed E-state index contributed by atoms with van der Waals surface area (Å²) in [7, 11) is 0. The second-order valence-electron chi connectivity index (χ2n) is 4.15.